The molecule has 1 saturated heterocycles. The Kier molecular flexibility index (Phi) is 6.79. The number of nitrogens with zero attached hydrogens (tertiary/aromatic N) is 2. The van der Waals surface area contributed by atoms with Crippen molar-refractivity contribution in [2.45, 2.75) is 32.2 Å². The van der Waals surface area contributed by atoms with Gasteiger partial charge in [-0.25, -0.2) is 9.37 Å². The zero-order chi connectivity index (χ0) is 20.8. The van der Waals surface area contributed by atoms with Crippen LogP contribution in [0.5, 0.6) is 0 Å². The van der Waals surface area contributed by atoms with Crippen LogP contribution in [0.2, 0.25) is 5.02 Å². The summed E-state index contributed by atoms with van der Waals surface area (Å²) < 4.78 is 14.4. The maximum Gasteiger partial charge on any atom is 0.158 e. The monoisotopic (exact) mass is 418 g/mol. The van der Waals surface area contributed by atoms with Gasteiger partial charge in [0.25, 0.3) is 0 Å². The van der Waals surface area contributed by atoms with E-state index in [4.69, 9.17) is 11.6 Å². The predicted molar refractivity (Wildman–Crippen MR) is 121 cm³/mol. The summed E-state index contributed by atoms with van der Waals surface area (Å²) in [6.07, 6.45) is 5.80. The van der Waals surface area contributed by atoms with Crippen molar-refractivity contribution in [2.24, 2.45) is 0 Å². The first-order chi connectivity index (χ1) is 14.7. The van der Waals surface area contributed by atoms with Crippen LogP contribution in [0.15, 0.2) is 60.8 Å². The van der Waals surface area contributed by atoms with Crippen molar-refractivity contribution in [3.8, 4) is 23.0 Å². The highest BCUT2D eigenvalue weighted by Gasteiger charge is 2.11. The number of halogens is 2. The fourth-order valence-corrected chi connectivity index (χ4v) is 3.82. The zero-order valence-corrected chi connectivity index (χ0v) is 17.6. The average Bonchev–Trinajstić information content (AvgIpc) is 3.27. The summed E-state index contributed by atoms with van der Waals surface area (Å²) >= 11 is 5.90. The Bertz CT molecular complexity index is 1040. The molecule has 1 aliphatic rings. The van der Waals surface area contributed by atoms with Crippen molar-refractivity contribution >= 4 is 11.6 Å². The average molecular weight is 419 g/mol. The Balaban J connectivity index is 1.32. The summed E-state index contributed by atoms with van der Waals surface area (Å²) in [6, 6.07) is 17.5. The van der Waals surface area contributed by atoms with E-state index < -0.39 is 5.82 Å². The molecule has 2 heterocycles. The minimum atomic E-state index is -0.402. The van der Waals surface area contributed by atoms with Crippen LogP contribution in [0.4, 0.5) is 4.39 Å². The zero-order valence-electron chi connectivity index (χ0n) is 16.9. The third-order valence-corrected chi connectivity index (χ3v) is 5.64. The molecule has 1 aliphatic heterocycles. The molecule has 0 saturated carbocycles. The van der Waals surface area contributed by atoms with Gasteiger partial charge in [-0.15, -0.1) is 0 Å². The fourth-order valence-electron chi connectivity index (χ4n) is 3.69. The molecule has 1 fully saturated rings. The molecule has 0 bridgehead atoms. The normalized spacial score (nSPS) is 13.8. The van der Waals surface area contributed by atoms with Crippen LogP contribution < -0.4 is 0 Å². The third-order valence-electron chi connectivity index (χ3n) is 5.39. The van der Waals surface area contributed by atoms with Gasteiger partial charge < -0.3 is 0 Å². The van der Waals surface area contributed by atoms with Gasteiger partial charge in [0.1, 0.15) is 5.69 Å². The van der Waals surface area contributed by atoms with E-state index in [9.17, 15) is 4.39 Å². The van der Waals surface area contributed by atoms with E-state index in [1.165, 1.54) is 43.1 Å². The summed E-state index contributed by atoms with van der Waals surface area (Å²) in [6.45, 7) is 3.46. The van der Waals surface area contributed by atoms with Crippen molar-refractivity contribution in [1.29, 1.82) is 0 Å². The number of likely N-dealkylation sites (tertiary alicyclic amines) is 1. The van der Waals surface area contributed by atoms with Gasteiger partial charge in [-0.05, 0) is 73.2 Å². The van der Waals surface area contributed by atoms with Gasteiger partial charge in [-0.2, -0.15) is 0 Å². The lowest BCUT2D eigenvalue weighted by molar-refractivity contribution is 0.331. The Morgan fingerprint density at radius 1 is 0.933 bits per heavy atom. The SMILES string of the molecule is Fc1cc(-c2ccc(Cl)cc2)cnc1C#CCCc1ccc(CN2CCCC2)cc1. The Morgan fingerprint density at radius 2 is 1.63 bits per heavy atom. The molecule has 0 atom stereocenters. The maximum atomic E-state index is 14.4. The van der Waals surface area contributed by atoms with Gasteiger partial charge in [0.2, 0.25) is 0 Å². The summed E-state index contributed by atoms with van der Waals surface area (Å²) in [5.41, 5.74) is 4.38. The number of hydrogen-bond acceptors (Lipinski definition) is 2. The molecular formula is C26H24ClFN2. The van der Waals surface area contributed by atoms with E-state index in [2.05, 4.69) is 46.0 Å². The van der Waals surface area contributed by atoms with E-state index in [1.54, 1.807) is 18.3 Å². The van der Waals surface area contributed by atoms with Gasteiger partial charge in [-0.3, -0.25) is 4.90 Å². The molecule has 152 valence electrons. The summed E-state index contributed by atoms with van der Waals surface area (Å²) in [7, 11) is 0. The number of aromatic nitrogens is 1. The molecule has 0 radical (unpaired) electrons. The van der Waals surface area contributed by atoms with Crippen molar-refractivity contribution in [3.63, 3.8) is 0 Å². The summed E-state index contributed by atoms with van der Waals surface area (Å²) in [4.78, 5) is 6.70. The highest BCUT2D eigenvalue weighted by molar-refractivity contribution is 6.30. The molecular weight excluding hydrogens is 395 g/mol. The summed E-state index contributed by atoms with van der Waals surface area (Å²) in [5, 5.41) is 0.649. The first kappa shape index (κ1) is 20.6. The highest BCUT2D eigenvalue weighted by Crippen LogP contribution is 2.22. The molecule has 0 N–H and O–H groups in total. The van der Waals surface area contributed by atoms with Gasteiger partial charge in [0.05, 0.1) is 0 Å². The molecule has 0 spiro atoms. The number of pyridine rings is 1. The van der Waals surface area contributed by atoms with Crippen LogP contribution in [0.3, 0.4) is 0 Å². The van der Waals surface area contributed by atoms with Gasteiger partial charge >= 0.3 is 0 Å². The van der Waals surface area contributed by atoms with Crippen LogP contribution >= 0.6 is 11.6 Å². The van der Waals surface area contributed by atoms with E-state index in [0.717, 1.165) is 18.5 Å². The molecule has 0 unspecified atom stereocenters. The molecule has 4 heteroatoms. The molecule has 0 amide bonds. The van der Waals surface area contributed by atoms with Gasteiger partial charge in [0.15, 0.2) is 5.82 Å². The topological polar surface area (TPSA) is 16.1 Å². The van der Waals surface area contributed by atoms with Gasteiger partial charge in [0, 0.05) is 29.7 Å². The first-order valence-corrected chi connectivity index (χ1v) is 10.8. The minimum Gasteiger partial charge on any atom is -0.299 e. The molecule has 3 aromatic rings. The Hall–Kier alpha value is -2.67. The third kappa shape index (κ3) is 5.48. The second-order valence-electron chi connectivity index (χ2n) is 7.66. The fraction of sp³-hybridized carbons (Fsp3) is 0.269. The number of benzene rings is 2. The van der Waals surface area contributed by atoms with Gasteiger partial charge in [-0.1, -0.05) is 53.9 Å². The van der Waals surface area contributed by atoms with Crippen LogP contribution in [0.25, 0.3) is 11.1 Å². The van der Waals surface area contributed by atoms with E-state index >= 15 is 0 Å². The Morgan fingerprint density at radius 3 is 2.33 bits per heavy atom. The molecule has 2 aromatic carbocycles. The lowest BCUT2D eigenvalue weighted by Crippen LogP contribution is -2.18. The van der Waals surface area contributed by atoms with Crippen LogP contribution in [-0.4, -0.2) is 23.0 Å². The van der Waals surface area contributed by atoms with E-state index in [0.29, 0.717) is 17.0 Å². The second-order valence-corrected chi connectivity index (χ2v) is 8.10. The summed E-state index contributed by atoms with van der Waals surface area (Å²) in [5.74, 6) is 5.52. The standard InChI is InChI=1S/C26H24ClFN2/c27-24-13-11-22(12-14-24)23-17-25(28)26(29-18-23)6-2-1-5-20-7-9-21(10-8-20)19-30-15-3-4-16-30/h7-14,17-18H,1,3-5,15-16,19H2. The van der Waals surface area contributed by atoms with Crippen molar-refractivity contribution in [1.82, 2.24) is 9.88 Å². The minimum absolute atomic E-state index is 0.189. The number of rotatable bonds is 5. The molecule has 0 aliphatic carbocycles. The molecule has 2 nitrogen and oxygen atoms in total. The van der Waals surface area contributed by atoms with E-state index in [-0.39, 0.29) is 5.69 Å². The number of hydrogen-bond donors (Lipinski definition) is 0. The largest absolute Gasteiger partial charge is 0.299 e. The second kappa shape index (κ2) is 9.89. The molecule has 30 heavy (non-hydrogen) atoms. The van der Waals surface area contributed by atoms with Crippen LogP contribution in [0, 0.1) is 17.7 Å². The predicted octanol–water partition coefficient (Wildman–Crippen LogP) is 6.12. The maximum absolute atomic E-state index is 14.4. The highest BCUT2D eigenvalue weighted by atomic mass is 35.5. The number of aryl methyl sites for hydroxylation is 1. The lowest BCUT2D eigenvalue weighted by Gasteiger charge is -2.14. The quantitative estimate of drug-likeness (QED) is 0.464. The molecule has 1 aromatic heterocycles. The first-order valence-electron chi connectivity index (χ1n) is 10.4. The Labute approximate surface area is 182 Å². The smallest absolute Gasteiger partial charge is 0.158 e. The van der Waals surface area contributed by atoms with Crippen molar-refractivity contribution < 1.29 is 4.39 Å². The van der Waals surface area contributed by atoms with Crippen LogP contribution in [-0.2, 0) is 13.0 Å². The van der Waals surface area contributed by atoms with Crippen molar-refractivity contribution in [3.05, 3.63) is 88.5 Å². The molecule has 4 rings (SSSR count). The van der Waals surface area contributed by atoms with Crippen molar-refractivity contribution in [2.75, 3.05) is 13.1 Å². The van der Waals surface area contributed by atoms with Crippen LogP contribution in [0.1, 0.15) is 36.1 Å². The lowest BCUT2D eigenvalue weighted by atomic mass is 10.1. The van der Waals surface area contributed by atoms with E-state index in [1.807, 2.05) is 12.1 Å².